The van der Waals surface area contributed by atoms with E-state index in [4.69, 9.17) is 16.3 Å². The first-order valence-corrected chi connectivity index (χ1v) is 5.57. The van der Waals surface area contributed by atoms with Gasteiger partial charge in [-0.3, -0.25) is 0 Å². The van der Waals surface area contributed by atoms with Crippen molar-refractivity contribution in [1.29, 1.82) is 0 Å². The van der Waals surface area contributed by atoms with Crippen LogP contribution in [0.3, 0.4) is 0 Å². The van der Waals surface area contributed by atoms with Gasteiger partial charge in [0.25, 0.3) is 0 Å². The lowest BCUT2D eigenvalue weighted by molar-refractivity contribution is -0.0767. The quantitative estimate of drug-likeness (QED) is 0.854. The van der Waals surface area contributed by atoms with E-state index in [2.05, 4.69) is 18.3 Å². The van der Waals surface area contributed by atoms with E-state index in [1.54, 1.807) is 0 Å². The summed E-state index contributed by atoms with van der Waals surface area (Å²) in [6, 6.07) is 6.03. The van der Waals surface area contributed by atoms with Crippen molar-refractivity contribution in [3.8, 4) is 0 Å². The Morgan fingerprint density at radius 3 is 2.73 bits per heavy atom. The van der Waals surface area contributed by atoms with Crippen LogP contribution in [0.25, 0.3) is 0 Å². The monoisotopic (exact) mass is 225 g/mol. The van der Waals surface area contributed by atoms with Crippen molar-refractivity contribution >= 4 is 11.6 Å². The molecule has 3 heteroatoms. The smallest absolute Gasteiger partial charge is 0.0906 e. The standard InChI is InChI=1S/C12H16ClNO/c1-9-5-10(3-4-11(9)13)6-15-12(2)7-14-8-12/h3-5,14H,6-8H2,1-2H3. The third-order valence-corrected chi connectivity index (χ3v) is 3.23. The van der Waals surface area contributed by atoms with Crippen LogP contribution in [0, 0.1) is 6.92 Å². The van der Waals surface area contributed by atoms with Crippen molar-refractivity contribution < 1.29 is 4.74 Å². The molecule has 2 rings (SSSR count). The average molecular weight is 226 g/mol. The van der Waals surface area contributed by atoms with Crippen molar-refractivity contribution in [3.05, 3.63) is 34.3 Å². The fourth-order valence-electron chi connectivity index (χ4n) is 1.63. The Hall–Kier alpha value is -0.570. The van der Waals surface area contributed by atoms with E-state index < -0.39 is 0 Å². The van der Waals surface area contributed by atoms with Crippen LogP contribution in [0.5, 0.6) is 0 Å². The Morgan fingerprint density at radius 2 is 2.20 bits per heavy atom. The van der Waals surface area contributed by atoms with E-state index in [0.29, 0.717) is 6.61 Å². The lowest BCUT2D eigenvalue weighted by Gasteiger charge is -2.39. The van der Waals surface area contributed by atoms with Crippen LogP contribution in [-0.4, -0.2) is 18.7 Å². The third-order valence-electron chi connectivity index (χ3n) is 2.81. The van der Waals surface area contributed by atoms with E-state index in [-0.39, 0.29) is 5.60 Å². The first-order chi connectivity index (χ1) is 7.09. The number of hydrogen-bond donors (Lipinski definition) is 1. The van der Waals surface area contributed by atoms with Gasteiger partial charge in [0.05, 0.1) is 12.2 Å². The van der Waals surface area contributed by atoms with Crippen LogP contribution in [0.4, 0.5) is 0 Å². The maximum atomic E-state index is 5.96. The van der Waals surface area contributed by atoms with Crippen LogP contribution < -0.4 is 5.32 Å². The van der Waals surface area contributed by atoms with Gasteiger partial charge in [-0.05, 0) is 31.0 Å². The summed E-state index contributed by atoms with van der Waals surface area (Å²) in [6.07, 6.45) is 0. The normalized spacial score (nSPS) is 18.6. The van der Waals surface area contributed by atoms with Gasteiger partial charge in [0, 0.05) is 18.1 Å². The summed E-state index contributed by atoms with van der Waals surface area (Å²) in [5.41, 5.74) is 2.31. The van der Waals surface area contributed by atoms with Crippen molar-refractivity contribution in [2.24, 2.45) is 0 Å². The molecule has 1 N–H and O–H groups in total. The highest BCUT2D eigenvalue weighted by molar-refractivity contribution is 6.31. The molecule has 1 saturated heterocycles. The molecule has 0 atom stereocenters. The van der Waals surface area contributed by atoms with Gasteiger partial charge in [0.1, 0.15) is 0 Å². The van der Waals surface area contributed by atoms with Crippen molar-refractivity contribution in [3.63, 3.8) is 0 Å². The summed E-state index contributed by atoms with van der Waals surface area (Å²) in [5, 5.41) is 4.03. The summed E-state index contributed by atoms with van der Waals surface area (Å²) in [4.78, 5) is 0. The lowest BCUT2D eigenvalue weighted by Crippen LogP contribution is -2.58. The molecule has 0 unspecified atom stereocenters. The highest BCUT2D eigenvalue weighted by Gasteiger charge is 2.32. The minimum atomic E-state index is 0.0214. The van der Waals surface area contributed by atoms with Crippen LogP contribution in [0.2, 0.25) is 5.02 Å². The highest BCUT2D eigenvalue weighted by Crippen LogP contribution is 2.20. The minimum absolute atomic E-state index is 0.0214. The molecule has 2 nitrogen and oxygen atoms in total. The summed E-state index contributed by atoms with van der Waals surface area (Å²) >= 11 is 5.96. The van der Waals surface area contributed by atoms with E-state index in [9.17, 15) is 0 Å². The molecule has 0 radical (unpaired) electrons. The molecule has 0 spiro atoms. The number of aryl methyl sites for hydroxylation is 1. The predicted octanol–water partition coefficient (Wildman–Crippen LogP) is 2.53. The molecule has 82 valence electrons. The molecular weight excluding hydrogens is 210 g/mol. The molecule has 0 aromatic heterocycles. The van der Waals surface area contributed by atoms with Gasteiger partial charge in [-0.25, -0.2) is 0 Å². The van der Waals surface area contributed by atoms with E-state index in [0.717, 1.165) is 23.7 Å². The number of hydrogen-bond acceptors (Lipinski definition) is 2. The number of rotatable bonds is 3. The highest BCUT2D eigenvalue weighted by atomic mass is 35.5. The van der Waals surface area contributed by atoms with Crippen molar-refractivity contribution in [1.82, 2.24) is 5.32 Å². The second kappa shape index (κ2) is 4.12. The summed E-state index contributed by atoms with van der Waals surface area (Å²) < 4.78 is 5.84. The lowest BCUT2D eigenvalue weighted by atomic mass is 10.00. The number of ether oxygens (including phenoxy) is 1. The zero-order valence-corrected chi connectivity index (χ0v) is 9.90. The average Bonchev–Trinajstić information content (AvgIpc) is 2.17. The predicted molar refractivity (Wildman–Crippen MR) is 62.3 cm³/mol. The molecule has 15 heavy (non-hydrogen) atoms. The fourth-order valence-corrected chi connectivity index (χ4v) is 1.75. The van der Waals surface area contributed by atoms with Gasteiger partial charge in [-0.15, -0.1) is 0 Å². The molecule has 0 bridgehead atoms. The molecular formula is C12H16ClNO. The number of halogens is 1. The zero-order valence-electron chi connectivity index (χ0n) is 9.14. The molecule has 1 heterocycles. The Balaban J connectivity index is 1.96. The van der Waals surface area contributed by atoms with Gasteiger partial charge in [-0.1, -0.05) is 23.7 Å². The molecule has 1 aromatic rings. The maximum absolute atomic E-state index is 5.96. The fraction of sp³-hybridized carbons (Fsp3) is 0.500. The van der Waals surface area contributed by atoms with Crippen LogP contribution in [0.1, 0.15) is 18.1 Å². The molecule has 1 aromatic carbocycles. The molecule has 1 aliphatic heterocycles. The first kappa shape index (κ1) is 10.9. The van der Waals surface area contributed by atoms with Gasteiger partial charge < -0.3 is 10.1 Å². The molecule has 0 aliphatic carbocycles. The van der Waals surface area contributed by atoms with Gasteiger partial charge in [-0.2, -0.15) is 0 Å². The van der Waals surface area contributed by atoms with E-state index in [1.807, 2.05) is 19.1 Å². The summed E-state index contributed by atoms with van der Waals surface area (Å²) in [7, 11) is 0. The second-order valence-corrected chi connectivity index (χ2v) is 4.83. The first-order valence-electron chi connectivity index (χ1n) is 5.19. The topological polar surface area (TPSA) is 21.3 Å². The largest absolute Gasteiger partial charge is 0.368 e. The Kier molecular flexibility index (Phi) is 3.01. The third kappa shape index (κ3) is 2.51. The second-order valence-electron chi connectivity index (χ2n) is 4.43. The Bertz CT molecular complexity index is 361. The van der Waals surface area contributed by atoms with E-state index >= 15 is 0 Å². The van der Waals surface area contributed by atoms with E-state index in [1.165, 1.54) is 5.56 Å². The minimum Gasteiger partial charge on any atom is -0.368 e. The molecule has 0 amide bonds. The summed E-state index contributed by atoms with van der Waals surface area (Å²) in [6.45, 7) is 6.69. The van der Waals surface area contributed by atoms with Gasteiger partial charge in [0.15, 0.2) is 0 Å². The van der Waals surface area contributed by atoms with Crippen molar-refractivity contribution in [2.45, 2.75) is 26.1 Å². The molecule has 0 saturated carbocycles. The Morgan fingerprint density at radius 1 is 1.47 bits per heavy atom. The van der Waals surface area contributed by atoms with Gasteiger partial charge >= 0.3 is 0 Å². The Labute approximate surface area is 95.6 Å². The van der Waals surface area contributed by atoms with Crippen LogP contribution >= 0.6 is 11.6 Å². The molecule has 1 aliphatic rings. The van der Waals surface area contributed by atoms with Crippen molar-refractivity contribution in [2.75, 3.05) is 13.1 Å². The molecule has 1 fully saturated rings. The van der Waals surface area contributed by atoms with Crippen LogP contribution in [-0.2, 0) is 11.3 Å². The van der Waals surface area contributed by atoms with Gasteiger partial charge in [0.2, 0.25) is 0 Å². The number of nitrogens with one attached hydrogen (secondary N) is 1. The summed E-state index contributed by atoms with van der Waals surface area (Å²) in [5.74, 6) is 0. The van der Waals surface area contributed by atoms with Crippen LogP contribution in [0.15, 0.2) is 18.2 Å². The SMILES string of the molecule is Cc1cc(COC2(C)CNC2)ccc1Cl. The number of benzene rings is 1. The zero-order chi connectivity index (χ0) is 10.9. The maximum Gasteiger partial charge on any atom is 0.0906 e.